The van der Waals surface area contributed by atoms with Gasteiger partial charge in [-0.25, -0.2) is 0 Å². The lowest BCUT2D eigenvalue weighted by Gasteiger charge is -2.10. The minimum absolute atomic E-state index is 0.128. The van der Waals surface area contributed by atoms with Crippen LogP contribution in [0.5, 0.6) is 5.75 Å². The second-order valence-electron chi connectivity index (χ2n) is 6.55. The number of carbonyl (C=O) groups is 2. The first-order chi connectivity index (χ1) is 15.3. The Labute approximate surface area is 181 Å². The third-order valence-corrected chi connectivity index (χ3v) is 4.16. The second kappa shape index (κ2) is 10.3. The smallest absolute Gasteiger partial charge is 0.406 e. The van der Waals surface area contributed by atoms with Crippen LogP contribution in [-0.2, 0) is 11.3 Å². The largest absolute Gasteiger partial charge is 0.573 e. The molecule has 2 amide bonds. The minimum atomic E-state index is -4.75. The Bertz CT molecular complexity index is 1080. The van der Waals surface area contributed by atoms with Gasteiger partial charge in [-0.3, -0.25) is 14.6 Å². The van der Waals surface area contributed by atoms with Gasteiger partial charge in [0.15, 0.2) is 0 Å². The average molecular weight is 441 g/mol. The van der Waals surface area contributed by atoms with Gasteiger partial charge >= 0.3 is 6.36 Å². The van der Waals surface area contributed by atoms with Crippen molar-refractivity contribution in [3.05, 3.63) is 95.8 Å². The fourth-order valence-electron chi connectivity index (χ4n) is 2.63. The predicted molar refractivity (Wildman–Crippen MR) is 113 cm³/mol. The van der Waals surface area contributed by atoms with E-state index < -0.39 is 6.36 Å². The number of carbonyl (C=O) groups excluding carboxylic acids is 2. The number of hydrogen-bond donors (Lipinski definition) is 2. The molecule has 0 radical (unpaired) electrons. The summed E-state index contributed by atoms with van der Waals surface area (Å²) in [6, 6.07) is 15.0. The van der Waals surface area contributed by atoms with Crippen LogP contribution in [0.4, 0.5) is 18.9 Å². The highest BCUT2D eigenvalue weighted by atomic mass is 19.4. The van der Waals surface area contributed by atoms with Gasteiger partial charge in [0.2, 0.25) is 5.91 Å². The number of ether oxygens (including phenoxy) is 1. The molecule has 0 atom stereocenters. The molecule has 0 unspecified atom stereocenters. The number of rotatable bonds is 7. The predicted octanol–water partition coefficient (Wildman–Crippen LogP) is 4.56. The Morgan fingerprint density at radius 1 is 0.938 bits per heavy atom. The van der Waals surface area contributed by atoms with Crippen LogP contribution < -0.4 is 15.4 Å². The summed E-state index contributed by atoms with van der Waals surface area (Å²) in [5.74, 6) is -1.02. The molecular weight excluding hydrogens is 423 g/mol. The Morgan fingerprint density at radius 3 is 2.22 bits per heavy atom. The summed E-state index contributed by atoms with van der Waals surface area (Å²) < 4.78 is 40.4. The number of anilines is 1. The molecular formula is C23H18F3N3O3. The molecule has 0 aliphatic heterocycles. The number of hydrogen-bond acceptors (Lipinski definition) is 4. The van der Waals surface area contributed by atoms with Gasteiger partial charge in [0.25, 0.3) is 5.91 Å². The summed E-state index contributed by atoms with van der Waals surface area (Å²) in [5.41, 5.74) is 2.33. The van der Waals surface area contributed by atoms with E-state index in [1.807, 2.05) is 0 Å². The highest BCUT2D eigenvalue weighted by molar-refractivity contribution is 6.02. The third kappa shape index (κ3) is 7.28. The van der Waals surface area contributed by atoms with Crippen LogP contribution in [0.1, 0.15) is 21.5 Å². The molecule has 0 aliphatic rings. The SMILES string of the molecule is O=C(/C=C/c1ccncc1)Nc1ccc(C(=O)NCc2ccc(OC(F)(F)F)cc2)cc1. The van der Waals surface area contributed by atoms with Crippen LogP contribution in [0.25, 0.3) is 6.08 Å². The van der Waals surface area contributed by atoms with Gasteiger partial charge < -0.3 is 15.4 Å². The van der Waals surface area contributed by atoms with Gasteiger partial charge in [-0.05, 0) is 65.7 Å². The van der Waals surface area contributed by atoms with Crippen molar-refractivity contribution < 1.29 is 27.5 Å². The van der Waals surface area contributed by atoms with Gasteiger partial charge in [-0.2, -0.15) is 0 Å². The number of nitrogens with one attached hydrogen (secondary N) is 2. The monoisotopic (exact) mass is 441 g/mol. The molecule has 2 aromatic carbocycles. The van der Waals surface area contributed by atoms with E-state index in [9.17, 15) is 22.8 Å². The van der Waals surface area contributed by atoms with Crippen LogP contribution in [0.3, 0.4) is 0 Å². The number of halogens is 3. The molecule has 32 heavy (non-hydrogen) atoms. The Kier molecular flexibility index (Phi) is 7.22. The van der Waals surface area contributed by atoms with E-state index in [0.717, 1.165) is 5.56 Å². The van der Waals surface area contributed by atoms with E-state index in [1.165, 1.54) is 30.3 Å². The number of amides is 2. The average Bonchev–Trinajstić information content (AvgIpc) is 2.77. The Hall–Kier alpha value is -4.14. The summed E-state index contributed by atoms with van der Waals surface area (Å²) >= 11 is 0. The molecule has 0 spiro atoms. The normalized spacial score (nSPS) is 11.2. The number of nitrogens with zero attached hydrogens (tertiary/aromatic N) is 1. The van der Waals surface area contributed by atoms with E-state index >= 15 is 0 Å². The van der Waals surface area contributed by atoms with Gasteiger partial charge in [0.05, 0.1) is 0 Å². The van der Waals surface area contributed by atoms with Crippen molar-refractivity contribution in [1.82, 2.24) is 10.3 Å². The molecule has 164 valence electrons. The molecule has 0 aliphatic carbocycles. The molecule has 2 N–H and O–H groups in total. The minimum Gasteiger partial charge on any atom is -0.406 e. The zero-order chi connectivity index (χ0) is 23.0. The Balaban J connectivity index is 1.49. The zero-order valence-corrected chi connectivity index (χ0v) is 16.6. The van der Waals surface area contributed by atoms with E-state index in [4.69, 9.17) is 0 Å². The first-order valence-corrected chi connectivity index (χ1v) is 9.40. The second-order valence-corrected chi connectivity index (χ2v) is 6.55. The van der Waals surface area contributed by atoms with Crippen molar-refractivity contribution in [3.8, 4) is 5.75 Å². The van der Waals surface area contributed by atoms with Gasteiger partial charge in [0.1, 0.15) is 5.75 Å². The van der Waals surface area contributed by atoms with Crippen LogP contribution >= 0.6 is 0 Å². The fourth-order valence-corrected chi connectivity index (χ4v) is 2.63. The third-order valence-electron chi connectivity index (χ3n) is 4.16. The van der Waals surface area contributed by atoms with Crippen molar-refractivity contribution in [3.63, 3.8) is 0 Å². The quantitative estimate of drug-likeness (QED) is 0.527. The lowest BCUT2D eigenvalue weighted by atomic mass is 10.1. The van der Waals surface area contributed by atoms with Gasteiger partial charge in [-0.1, -0.05) is 12.1 Å². The number of aromatic nitrogens is 1. The Morgan fingerprint density at radius 2 is 1.59 bits per heavy atom. The zero-order valence-electron chi connectivity index (χ0n) is 16.6. The van der Waals surface area contributed by atoms with Crippen molar-refractivity contribution in [2.75, 3.05) is 5.32 Å². The molecule has 6 nitrogen and oxygen atoms in total. The maximum absolute atomic E-state index is 12.3. The lowest BCUT2D eigenvalue weighted by molar-refractivity contribution is -0.274. The lowest BCUT2D eigenvalue weighted by Crippen LogP contribution is -2.22. The molecule has 9 heteroatoms. The summed E-state index contributed by atoms with van der Waals surface area (Å²) in [6.07, 6.45) is 1.54. The fraction of sp³-hybridized carbons (Fsp3) is 0.0870. The first-order valence-electron chi connectivity index (χ1n) is 9.40. The maximum atomic E-state index is 12.3. The van der Waals surface area contributed by atoms with Crippen molar-refractivity contribution in [2.45, 2.75) is 12.9 Å². The molecule has 0 saturated heterocycles. The van der Waals surface area contributed by atoms with E-state index in [0.29, 0.717) is 16.8 Å². The number of pyridine rings is 1. The van der Waals surface area contributed by atoms with Crippen LogP contribution in [0, 0.1) is 0 Å². The van der Waals surface area contributed by atoms with Crippen molar-refractivity contribution in [2.24, 2.45) is 0 Å². The van der Waals surface area contributed by atoms with Gasteiger partial charge in [0, 0.05) is 36.3 Å². The highest BCUT2D eigenvalue weighted by Crippen LogP contribution is 2.22. The topological polar surface area (TPSA) is 80.3 Å². The molecule has 1 heterocycles. The maximum Gasteiger partial charge on any atom is 0.573 e. The number of alkyl halides is 3. The summed E-state index contributed by atoms with van der Waals surface area (Å²) in [7, 11) is 0. The molecule has 3 aromatic rings. The first kappa shape index (κ1) is 22.5. The summed E-state index contributed by atoms with van der Waals surface area (Å²) in [6.45, 7) is 0.128. The van der Waals surface area contributed by atoms with E-state index in [2.05, 4.69) is 20.4 Å². The van der Waals surface area contributed by atoms with Crippen LogP contribution in [0.15, 0.2) is 79.1 Å². The van der Waals surface area contributed by atoms with Crippen LogP contribution in [0.2, 0.25) is 0 Å². The highest BCUT2D eigenvalue weighted by Gasteiger charge is 2.30. The molecule has 3 rings (SSSR count). The summed E-state index contributed by atoms with van der Waals surface area (Å²) in [4.78, 5) is 28.2. The number of benzene rings is 2. The molecule has 1 aromatic heterocycles. The summed E-state index contributed by atoms with van der Waals surface area (Å²) in [5, 5.41) is 5.37. The molecule has 0 fully saturated rings. The molecule has 0 saturated carbocycles. The van der Waals surface area contributed by atoms with E-state index in [1.54, 1.807) is 54.9 Å². The van der Waals surface area contributed by atoms with Crippen LogP contribution in [-0.4, -0.2) is 23.2 Å². The van der Waals surface area contributed by atoms with Gasteiger partial charge in [-0.15, -0.1) is 13.2 Å². The molecule has 0 bridgehead atoms. The van der Waals surface area contributed by atoms with Crippen molar-refractivity contribution >= 4 is 23.6 Å². The van der Waals surface area contributed by atoms with E-state index in [-0.39, 0.29) is 24.1 Å². The van der Waals surface area contributed by atoms with Crippen molar-refractivity contribution in [1.29, 1.82) is 0 Å². The standard InChI is InChI=1S/C23H18F3N3O3/c24-23(25,26)32-20-8-1-17(2-9-20)15-28-22(31)18-4-6-19(7-5-18)29-21(30)10-3-16-11-13-27-14-12-16/h1-14H,15H2,(H,28,31)(H,29,30)/b10-3+.